The lowest BCUT2D eigenvalue weighted by atomic mass is 10.0. The summed E-state index contributed by atoms with van der Waals surface area (Å²) in [6, 6.07) is 9.03. The highest BCUT2D eigenvalue weighted by atomic mass is 35.5. The maximum atomic E-state index is 5.75. The lowest BCUT2D eigenvalue weighted by Gasteiger charge is -2.24. The molecule has 1 heterocycles. The molecule has 0 aliphatic heterocycles. The Morgan fingerprint density at radius 3 is 2.62 bits per heavy atom. The minimum absolute atomic E-state index is 0. The average Bonchev–Trinajstić information content (AvgIpc) is 2.85. The summed E-state index contributed by atoms with van der Waals surface area (Å²) in [5.41, 5.74) is 10.7. The van der Waals surface area contributed by atoms with Crippen LogP contribution in [0.1, 0.15) is 18.1 Å². The van der Waals surface area contributed by atoms with E-state index >= 15 is 0 Å². The number of rotatable bonds is 5. The molecule has 5 heteroatoms. The minimum atomic E-state index is 0. The molecule has 0 fully saturated rings. The normalized spacial score (nSPS) is 12.3. The Hall–Kier alpha value is -1.36. The highest BCUT2D eigenvalue weighted by molar-refractivity contribution is 5.85. The predicted molar refractivity (Wildman–Crippen MR) is 90.6 cm³/mol. The van der Waals surface area contributed by atoms with Crippen molar-refractivity contribution in [2.75, 3.05) is 13.6 Å². The fraction of sp³-hybridized carbons (Fsp3) is 0.438. The number of nitrogens with two attached hydrogens (primary N) is 1. The Labute approximate surface area is 133 Å². The zero-order valence-electron chi connectivity index (χ0n) is 13.2. The van der Waals surface area contributed by atoms with Crippen molar-refractivity contribution in [1.29, 1.82) is 0 Å². The number of aromatic nitrogens is 2. The smallest absolute Gasteiger partial charge is 0.0682 e. The van der Waals surface area contributed by atoms with Crippen LogP contribution in [0.5, 0.6) is 0 Å². The second-order valence-corrected chi connectivity index (χ2v) is 5.50. The largest absolute Gasteiger partial charge is 0.329 e. The summed E-state index contributed by atoms with van der Waals surface area (Å²) >= 11 is 0. The minimum Gasteiger partial charge on any atom is -0.329 e. The van der Waals surface area contributed by atoms with Crippen molar-refractivity contribution in [2.24, 2.45) is 12.8 Å². The van der Waals surface area contributed by atoms with E-state index in [4.69, 9.17) is 5.73 Å². The van der Waals surface area contributed by atoms with Gasteiger partial charge in [0.1, 0.15) is 0 Å². The number of aryl methyl sites for hydroxylation is 2. The molecule has 4 nitrogen and oxygen atoms in total. The summed E-state index contributed by atoms with van der Waals surface area (Å²) in [6.07, 6.45) is 1.84. The van der Waals surface area contributed by atoms with Crippen LogP contribution in [-0.4, -0.2) is 34.3 Å². The van der Waals surface area contributed by atoms with Crippen LogP contribution < -0.4 is 5.73 Å². The molecule has 2 aromatic rings. The Morgan fingerprint density at radius 2 is 2.05 bits per heavy atom. The number of nitrogens with zero attached hydrogens (tertiary/aromatic N) is 3. The first kappa shape index (κ1) is 17.7. The summed E-state index contributed by atoms with van der Waals surface area (Å²) in [5.74, 6) is 0. The van der Waals surface area contributed by atoms with Crippen LogP contribution in [0.2, 0.25) is 0 Å². The molecule has 0 saturated heterocycles. The molecule has 2 rings (SSSR count). The van der Waals surface area contributed by atoms with Gasteiger partial charge in [0.15, 0.2) is 0 Å². The first-order valence-corrected chi connectivity index (χ1v) is 7.01. The molecule has 0 aliphatic rings. The van der Waals surface area contributed by atoms with Crippen molar-refractivity contribution in [2.45, 2.75) is 26.4 Å². The van der Waals surface area contributed by atoms with E-state index in [-0.39, 0.29) is 12.4 Å². The average molecular weight is 309 g/mol. The Bertz CT molecular complexity index is 579. The van der Waals surface area contributed by atoms with E-state index in [2.05, 4.69) is 55.2 Å². The molecule has 1 atom stereocenters. The van der Waals surface area contributed by atoms with Crippen LogP contribution in [0, 0.1) is 6.92 Å². The quantitative estimate of drug-likeness (QED) is 0.923. The van der Waals surface area contributed by atoms with Crippen LogP contribution >= 0.6 is 12.4 Å². The molecular formula is C16H25ClN4. The monoisotopic (exact) mass is 308 g/mol. The van der Waals surface area contributed by atoms with E-state index in [1.54, 1.807) is 0 Å². The van der Waals surface area contributed by atoms with Crippen molar-refractivity contribution in [3.63, 3.8) is 0 Å². The van der Waals surface area contributed by atoms with Gasteiger partial charge in [-0.2, -0.15) is 5.10 Å². The van der Waals surface area contributed by atoms with Gasteiger partial charge in [-0.05, 0) is 38.6 Å². The van der Waals surface area contributed by atoms with Gasteiger partial charge in [0.25, 0.3) is 0 Å². The number of halogens is 1. The zero-order chi connectivity index (χ0) is 14.7. The van der Waals surface area contributed by atoms with Gasteiger partial charge in [-0.15, -0.1) is 12.4 Å². The Morgan fingerprint density at radius 1 is 1.33 bits per heavy atom. The number of likely N-dealkylation sites (N-methyl/N-ethyl adjacent to an activating group) is 1. The first-order valence-electron chi connectivity index (χ1n) is 7.01. The second-order valence-electron chi connectivity index (χ2n) is 5.50. The predicted octanol–water partition coefficient (Wildman–Crippen LogP) is 2.60. The van der Waals surface area contributed by atoms with Gasteiger partial charge in [-0.3, -0.25) is 9.58 Å². The molecule has 116 valence electrons. The molecule has 1 aromatic heterocycles. The van der Waals surface area contributed by atoms with Crippen LogP contribution in [0.25, 0.3) is 11.3 Å². The maximum Gasteiger partial charge on any atom is 0.0682 e. The molecular weight excluding hydrogens is 284 g/mol. The molecule has 0 bridgehead atoms. The fourth-order valence-corrected chi connectivity index (χ4v) is 2.31. The second kappa shape index (κ2) is 7.59. The molecule has 0 aliphatic carbocycles. The maximum absolute atomic E-state index is 5.75. The summed E-state index contributed by atoms with van der Waals surface area (Å²) in [7, 11) is 4.10. The van der Waals surface area contributed by atoms with Gasteiger partial charge in [0.05, 0.1) is 5.69 Å². The van der Waals surface area contributed by atoms with Crippen molar-refractivity contribution in [3.8, 4) is 11.3 Å². The van der Waals surface area contributed by atoms with E-state index < -0.39 is 0 Å². The van der Waals surface area contributed by atoms with Gasteiger partial charge >= 0.3 is 0 Å². The van der Waals surface area contributed by atoms with Crippen LogP contribution in [0.15, 0.2) is 30.5 Å². The summed E-state index contributed by atoms with van der Waals surface area (Å²) < 4.78 is 1.92. The summed E-state index contributed by atoms with van der Waals surface area (Å²) in [5, 5.41) is 4.28. The van der Waals surface area contributed by atoms with Crippen molar-refractivity contribution in [1.82, 2.24) is 14.7 Å². The first-order chi connectivity index (χ1) is 9.52. The third kappa shape index (κ3) is 4.06. The summed E-state index contributed by atoms with van der Waals surface area (Å²) in [4.78, 5) is 2.28. The number of benzene rings is 1. The highest BCUT2D eigenvalue weighted by Gasteiger charge is 2.13. The molecule has 0 spiro atoms. The standard InChI is InChI=1S/C16H24N4.ClH/c1-12-5-6-14(11-19(3)13(2)10-17)15(9-12)16-7-8-18-20(16)4;/h5-9,13H,10-11,17H2,1-4H3;1H. The van der Waals surface area contributed by atoms with E-state index in [0.29, 0.717) is 12.6 Å². The van der Waals surface area contributed by atoms with E-state index in [9.17, 15) is 0 Å². The fourth-order valence-electron chi connectivity index (χ4n) is 2.31. The molecule has 0 radical (unpaired) electrons. The Kier molecular flexibility index (Phi) is 6.40. The van der Waals surface area contributed by atoms with Crippen molar-refractivity contribution in [3.05, 3.63) is 41.6 Å². The lowest BCUT2D eigenvalue weighted by molar-refractivity contribution is 0.255. The van der Waals surface area contributed by atoms with Gasteiger partial charge in [0.2, 0.25) is 0 Å². The van der Waals surface area contributed by atoms with Crippen LogP contribution in [0.3, 0.4) is 0 Å². The van der Waals surface area contributed by atoms with Gasteiger partial charge in [0, 0.05) is 37.9 Å². The van der Waals surface area contributed by atoms with Crippen molar-refractivity contribution < 1.29 is 0 Å². The summed E-state index contributed by atoms with van der Waals surface area (Å²) in [6.45, 7) is 5.83. The highest BCUT2D eigenvalue weighted by Crippen LogP contribution is 2.25. The molecule has 21 heavy (non-hydrogen) atoms. The lowest BCUT2D eigenvalue weighted by Crippen LogP contribution is -2.34. The zero-order valence-corrected chi connectivity index (χ0v) is 14.0. The Balaban J connectivity index is 0.00000220. The number of hydrogen-bond donors (Lipinski definition) is 1. The van der Waals surface area contributed by atoms with E-state index in [1.165, 1.54) is 16.7 Å². The van der Waals surface area contributed by atoms with E-state index in [0.717, 1.165) is 12.2 Å². The SMILES string of the molecule is Cc1ccc(CN(C)C(C)CN)c(-c2ccnn2C)c1.Cl. The van der Waals surface area contributed by atoms with E-state index in [1.807, 2.05) is 17.9 Å². The third-order valence-electron chi connectivity index (χ3n) is 3.88. The van der Waals surface area contributed by atoms with Crippen LogP contribution in [0.4, 0.5) is 0 Å². The van der Waals surface area contributed by atoms with Gasteiger partial charge in [-0.1, -0.05) is 17.7 Å². The molecule has 1 aromatic carbocycles. The van der Waals surface area contributed by atoms with Gasteiger partial charge in [-0.25, -0.2) is 0 Å². The third-order valence-corrected chi connectivity index (χ3v) is 3.88. The topological polar surface area (TPSA) is 47.1 Å². The van der Waals surface area contributed by atoms with Gasteiger partial charge < -0.3 is 5.73 Å². The molecule has 2 N–H and O–H groups in total. The molecule has 1 unspecified atom stereocenters. The number of hydrogen-bond acceptors (Lipinski definition) is 3. The molecule has 0 amide bonds. The van der Waals surface area contributed by atoms with Crippen LogP contribution in [-0.2, 0) is 13.6 Å². The van der Waals surface area contributed by atoms with Crippen molar-refractivity contribution >= 4 is 12.4 Å². The molecule has 0 saturated carbocycles.